The summed E-state index contributed by atoms with van der Waals surface area (Å²) in [6.07, 6.45) is 10.9. The Morgan fingerprint density at radius 2 is 1.37 bits per heavy atom. The number of likely N-dealkylation sites (tertiary alicyclic amines) is 1. The quantitative estimate of drug-likeness (QED) is 0.0297. The van der Waals surface area contributed by atoms with Gasteiger partial charge in [0.25, 0.3) is 0 Å². The minimum Gasteiger partial charge on any atom is -0.493 e. The van der Waals surface area contributed by atoms with Gasteiger partial charge in [-0.15, -0.1) is 0 Å². The lowest BCUT2D eigenvalue weighted by atomic mass is 9.71. The first-order valence-electron chi connectivity index (χ1n) is 29.8. The van der Waals surface area contributed by atoms with Crippen molar-refractivity contribution < 1.29 is 37.7 Å². The lowest BCUT2D eigenvalue weighted by molar-refractivity contribution is -0.121. The molecule has 436 valence electrons. The molecule has 1 saturated heterocycles. The number of likely N-dealkylation sites (N-methyl/N-ethyl adjacent to an activating group) is 1. The zero-order valence-electron chi connectivity index (χ0n) is 49.7. The average Bonchev–Trinajstić information content (AvgIpc) is 4.23. The molecule has 7 rings (SSSR count). The molecule has 0 unspecified atom stereocenters. The van der Waals surface area contributed by atoms with E-state index in [1.54, 1.807) is 0 Å². The van der Waals surface area contributed by atoms with Gasteiger partial charge in [-0.25, -0.2) is 9.97 Å². The van der Waals surface area contributed by atoms with Crippen LogP contribution in [-0.2, 0) is 36.7 Å². The Kier molecular flexibility index (Phi) is 26.9. The highest BCUT2D eigenvalue weighted by Crippen LogP contribution is 2.39. The number of carbonyl (C=O) groups excluding carboxylic acids is 2. The van der Waals surface area contributed by atoms with Crippen LogP contribution in [0.1, 0.15) is 137 Å². The van der Waals surface area contributed by atoms with Crippen molar-refractivity contribution in [1.29, 1.82) is 0 Å². The van der Waals surface area contributed by atoms with E-state index in [4.69, 9.17) is 38.1 Å². The van der Waals surface area contributed by atoms with Crippen molar-refractivity contribution >= 4 is 39.4 Å². The maximum absolute atomic E-state index is 14.1. The van der Waals surface area contributed by atoms with Gasteiger partial charge in [-0.1, -0.05) is 65.0 Å². The standard InChI is InChI=1S/C62H91N7O8.C2H6/c1-46-43-48(44-47(2)60(46)76-34-16-32-69-30-12-13-31-69)59(71)58-52-18-9-11-20-54(52)77-55(58)21-14-22-57(70)63-28-35-72-37-39-74-41-42-75-40-38-73-36-33-67(6)29-15-27-64-61-51-17-8-10-19-53(51)65-56(66-61)45-68(7)50-25-23-49(24-26-50)62(3,4)5;1-2/h8-11,17-20,43-44,49-50H,12-16,21-42,45H2,1-7H3,(H,63,70)(H,64,65,66);1-2H3. The molecule has 79 heavy (non-hydrogen) atoms. The molecule has 0 spiro atoms. The molecule has 2 N–H and O–H groups in total. The van der Waals surface area contributed by atoms with Gasteiger partial charge in [0, 0.05) is 61.4 Å². The molecule has 1 aliphatic heterocycles. The predicted octanol–water partition coefficient (Wildman–Crippen LogP) is 11.1. The summed E-state index contributed by atoms with van der Waals surface area (Å²) in [4.78, 5) is 44.1. The van der Waals surface area contributed by atoms with Crippen LogP contribution in [0.5, 0.6) is 5.75 Å². The van der Waals surface area contributed by atoms with Crippen molar-refractivity contribution in [3.8, 4) is 5.75 Å². The van der Waals surface area contributed by atoms with E-state index in [0.717, 1.165) is 96.3 Å². The molecule has 3 heterocycles. The van der Waals surface area contributed by atoms with Crippen LogP contribution in [0.15, 0.2) is 65.1 Å². The molecular formula is C64H97N7O8. The smallest absolute Gasteiger partial charge is 0.220 e. The van der Waals surface area contributed by atoms with E-state index in [1.165, 1.54) is 51.6 Å². The summed E-state index contributed by atoms with van der Waals surface area (Å²) in [7, 11) is 4.36. The Labute approximate surface area is 473 Å². The monoisotopic (exact) mass is 1090 g/mol. The fourth-order valence-electron chi connectivity index (χ4n) is 10.9. The molecule has 2 aromatic heterocycles. The first kappa shape index (κ1) is 63.2. The summed E-state index contributed by atoms with van der Waals surface area (Å²) in [5.41, 5.74) is 5.08. The summed E-state index contributed by atoms with van der Waals surface area (Å²) in [5.74, 6) is 3.89. The van der Waals surface area contributed by atoms with Gasteiger partial charge < -0.3 is 48.5 Å². The second-order valence-electron chi connectivity index (χ2n) is 22.4. The fourth-order valence-corrected chi connectivity index (χ4v) is 10.9. The molecule has 1 amide bonds. The summed E-state index contributed by atoms with van der Waals surface area (Å²) in [5, 5.41) is 8.40. The Morgan fingerprint density at radius 1 is 0.734 bits per heavy atom. The highest BCUT2D eigenvalue weighted by Gasteiger charge is 2.31. The number of ether oxygens (including phenoxy) is 5. The number of aryl methyl sites for hydroxylation is 3. The van der Waals surface area contributed by atoms with Gasteiger partial charge in [0.05, 0.1) is 77.1 Å². The van der Waals surface area contributed by atoms with Crippen molar-refractivity contribution in [2.45, 2.75) is 132 Å². The number of nitrogens with zero attached hydrogens (tertiary/aromatic N) is 5. The third kappa shape index (κ3) is 20.5. The average molecular weight is 1090 g/mol. The molecule has 0 atom stereocenters. The van der Waals surface area contributed by atoms with Crippen molar-refractivity contribution in [3.05, 3.63) is 94.5 Å². The number of carbonyl (C=O) groups is 2. The van der Waals surface area contributed by atoms with Crippen LogP contribution in [0.25, 0.3) is 21.9 Å². The Bertz CT molecular complexity index is 2560. The maximum Gasteiger partial charge on any atom is 0.220 e. The van der Waals surface area contributed by atoms with Crippen molar-refractivity contribution in [1.82, 2.24) is 30.0 Å². The molecule has 1 aliphatic carbocycles. The van der Waals surface area contributed by atoms with Crippen LogP contribution in [0.3, 0.4) is 0 Å². The van der Waals surface area contributed by atoms with Crippen molar-refractivity contribution in [3.63, 3.8) is 0 Å². The molecule has 0 radical (unpaired) electrons. The fraction of sp³-hybridized carbons (Fsp3) is 0.625. The SMILES string of the molecule is CC.Cc1cc(C(=O)c2c(CCCC(=O)NCCOCCOCCOCCOCCN(C)CCCNc3nc(CN(C)C4CCC(C(C)(C)C)CC4)nc4ccccc34)oc3ccccc23)cc(C)c1OCCCN1CCCC1. The number of amides is 1. The van der Waals surface area contributed by atoms with Crippen LogP contribution >= 0.6 is 0 Å². The third-order valence-electron chi connectivity index (χ3n) is 15.4. The number of anilines is 1. The van der Waals surface area contributed by atoms with E-state index in [9.17, 15) is 9.59 Å². The zero-order valence-corrected chi connectivity index (χ0v) is 49.7. The molecule has 1 saturated carbocycles. The van der Waals surface area contributed by atoms with Gasteiger partial charge in [-0.05, 0) is 158 Å². The number of nitrogens with one attached hydrogen (secondary N) is 2. The minimum absolute atomic E-state index is 0.0716. The highest BCUT2D eigenvalue weighted by molar-refractivity contribution is 6.17. The Balaban J connectivity index is 0.00000498. The van der Waals surface area contributed by atoms with Gasteiger partial charge in [-0.2, -0.15) is 0 Å². The summed E-state index contributed by atoms with van der Waals surface area (Å²) in [6.45, 7) is 26.9. The van der Waals surface area contributed by atoms with Gasteiger partial charge in [-0.3, -0.25) is 14.5 Å². The summed E-state index contributed by atoms with van der Waals surface area (Å²) >= 11 is 0. The summed E-state index contributed by atoms with van der Waals surface area (Å²) < 4.78 is 35.3. The number of rotatable bonds is 34. The molecule has 2 aliphatic rings. The topological polar surface area (TPSA) is 153 Å². The third-order valence-corrected chi connectivity index (χ3v) is 15.4. The van der Waals surface area contributed by atoms with E-state index < -0.39 is 0 Å². The van der Waals surface area contributed by atoms with Crippen LogP contribution in [0.4, 0.5) is 5.82 Å². The number of benzene rings is 3. The second kappa shape index (κ2) is 33.7. The zero-order chi connectivity index (χ0) is 56.4. The van der Waals surface area contributed by atoms with Crippen LogP contribution in [0.2, 0.25) is 0 Å². The van der Waals surface area contributed by atoms with Crippen molar-refractivity contribution in [2.24, 2.45) is 11.3 Å². The van der Waals surface area contributed by atoms with E-state index >= 15 is 0 Å². The van der Waals surface area contributed by atoms with Crippen molar-refractivity contribution in [2.75, 3.05) is 125 Å². The molecule has 3 aromatic carbocycles. The molecule has 0 bridgehead atoms. The first-order valence-corrected chi connectivity index (χ1v) is 29.8. The molecule has 5 aromatic rings. The predicted molar refractivity (Wildman–Crippen MR) is 319 cm³/mol. The number of hydrogen-bond acceptors (Lipinski definition) is 14. The number of aromatic nitrogens is 2. The number of para-hydroxylation sites is 2. The number of hydrogen-bond donors (Lipinski definition) is 2. The van der Waals surface area contributed by atoms with E-state index in [2.05, 4.69) is 84.5 Å². The van der Waals surface area contributed by atoms with Gasteiger partial charge in [0.2, 0.25) is 5.91 Å². The van der Waals surface area contributed by atoms with Gasteiger partial charge in [0.15, 0.2) is 5.78 Å². The Hall–Kier alpha value is -5.00. The van der Waals surface area contributed by atoms with Crippen LogP contribution in [-0.4, -0.2) is 162 Å². The molecule has 15 heteroatoms. The second-order valence-corrected chi connectivity index (χ2v) is 22.4. The largest absolute Gasteiger partial charge is 0.493 e. The first-order chi connectivity index (χ1) is 38.3. The molecular weight excluding hydrogens is 995 g/mol. The highest BCUT2D eigenvalue weighted by atomic mass is 16.6. The summed E-state index contributed by atoms with van der Waals surface area (Å²) in [6, 6.07) is 20.3. The number of ketones is 1. The van der Waals surface area contributed by atoms with Crippen LogP contribution in [0, 0.1) is 25.2 Å². The van der Waals surface area contributed by atoms with Gasteiger partial charge >= 0.3 is 0 Å². The number of fused-ring (bicyclic) bond motifs is 2. The van der Waals surface area contributed by atoms with Crippen LogP contribution < -0.4 is 15.4 Å². The Morgan fingerprint density at radius 3 is 2.05 bits per heavy atom. The minimum atomic E-state index is -0.0866. The lowest BCUT2D eigenvalue weighted by Gasteiger charge is -2.39. The lowest BCUT2D eigenvalue weighted by Crippen LogP contribution is -2.37. The normalized spacial score (nSPS) is 16.0. The van der Waals surface area contributed by atoms with E-state index in [1.807, 2.05) is 64.1 Å². The van der Waals surface area contributed by atoms with Gasteiger partial charge in [0.1, 0.15) is 28.7 Å². The molecule has 2 fully saturated rings. The van der Waals surface area contributed by atoms with E-state index in [0.29, 0.717) is 119 Å². The van der Waals surface area contributed by atoms with E-state index in [-0.39, 0.29) is 11.7 Å². The number of furan rings is 1. The maximum atomic E-state index is 14.1. The molecule has 15 nitrogen and oxygen atoms in total.